The van der Waals surface area contributed by atoms with Crippen molar-refractivity contribution in [2.75, 3.05) is 7.11 Å². The second kappa shape index (κ2) is 6.76. The number of aromatic amines is 1. The van der Waals surface area contributed by atoms with E-state index in [4.69, 9.17) is 16.3 Å². The normalized spacial score (nSPS) is 11.5. The van der Waals surface area contributed by atoms with Crippen LogP contribution in [0.15, 0.2) is 47.5 Å². The van der Waals surface area contributed by atoms with Crippen LogP contribution in [0.25, 0.3) is 34.0 Å². The molecule has 1 aromatic carbocycles. The van der Waals surface area contributed by atoms with Gasteiger partial charge in [-0.3, -0.25) is 9.89 Å². The van der Waals surface area contributed by atoms with Crippen molar-refractivity contribution in [3.8, 4) is 17.3 Å². The van der Waals surface area contributed by atoms with Crippen LogP contribution in [0.1, 0.15) is 5.82 Å². The SMILES string of the molecule is COCc1nc2ncc3c(=O)n(-c4n[nH]c(-c5ccccc5Cl)n4)ccc3n2n1. The second-order valence-electron chi connectivity index (χ2n) is 6.18. The van der Waals surface area contributed by atoms with Crippen LogP contribution in [-0.2, 0) is 11.3 Å². The Morgan fingerprint density at radius 2 is 2.07 bits per heavy atom. The smallest absolute Gasteiger partial charge is 0.268 e. The van der Waals surface area contributed by atoms with Gasteiger partial charge in [-0.25, -0.2) is 9.55 Å². The molecule has 0 aliphatic heterocycles. The van der Waals surface area contributed by atoms with Crippen molar-refractivity contribution in [2.24, 2.45) is 0 Å². The van der Waals surface area contributed by atoms with Crippen LogP contribution in [0.5, 0.6) is 0 Å². The molecule has 0 aliphatic carbocycles. The summed E-state index contributed by atoms with van der Waals surface area (Å²) < 4.78 is 7.91. The van der Waals surface area contributed by atoms with Crippen molar-refractivity contribution >= 4 is 28.3 Å². The first-order valence-electron chi connectivity index (χ1n) is 8.58. The van der Waals surface area contributed by atoms with Crippen molar-refractivity contribution in [1.82, 2.24) is 39.3 Å². The maximum atomic E-state index is 13.0. The van der Waals surface area contributed by atoms with Crippen LogP contribution >= 0.6 is 11.6 Å². The third kappa shape index (κ3) is 2.85. The summed E-state index contributed by atoms with van der Waals surface area (Å²) in [6, 6.07) is 8.99. The minimum atomic E-state index is -0.328. The number of nitrogens with zero attached hydrogens (tertiary/aromatic N) is 7. The van der Waals surface area contributed by atoms with Gasteiger partial charge in [0, 0.05) is 25.1 Å². The van der Waals surface area contributed by atoms with E-state index in [-0.39, 0.29) is 18.1 Å². The van der Waals surface area contributed by atoms with Crippen LogP contribution in [0.3, 0.4) is 0 Å². The van der Waals surface area contributed by atoms with Crippen LogP contribution in [0.4, 0.5) is 0 Å². The number of hydrogen-bond donors (Lipinski definition) is 1. The molecule has 0 spiro atoms. The van der Waals surface area contributed by atoms with E-state index in [2.05, 4.69) is 30.2 Å². The lowest BCUT2D eigenvalue weighted by Gasteiger charge is -2.03. The van der Waals surface area contributed by atoms with Gasteiger partial charge in [-0.2, -0.15) is 14.5 Å². The average Bonchev–Trinajstić information content (AvgIpc) is 3.36. The minimum Gasteiger partial charge on any atom is -0.377 e. The number of rotatable bonds is 4. The van der Waals surface area contributed by atoms with Gasteiger partial charge in [0.25, 0.3) is 17.3 Å². The van der Waals surface area contributed by atoms with Gasteiger partial charge in [0.1, 0.15) is 6.61 Å². The van der Waals surface area contributed by atoms with E-state index >= 15 is 0 Å². The van der Waals surface area contributed by atoms with Gasteiger partial charge in [0.2, 0.25) is 0 Å². The fourth-order valence-corrected chi connectivity index (χ4v) is 3.27. The molecule has 4 aromatic heterocycles. The van der Waals surface area contributed by atoms with E-state index in [1.165, 1.54) is 15.3 Å². The number of H-pyrrole nitrogens is 1. The van der Waals surface area contributed by atoms with Crippen molar-refractivity contribution in [3.05, 3.63) is 63.9 Å². The summed E-state index contributed by atoms with van der Waals surface area (Å²) in [4.78, 5) is 25.9. The number of pyridine rings is 1. The first kappa shape index (κ1) is 17.5. The Balaban J connectivity index is 1.63. The standard InChI is InChI=1S/C18H13ClN8O2/c1-29-9-14-21-17-20-8-11-13(27(17)25-14)6-7-26(16(11)28)18-22-15(23-24-18)10-4-2-3-5-12(10)19/h2-8H,9H2,1H3,(H,22,23,24). The van der Waals surface area contributed by atoms with Crippen molar-refractivity contribution < 1.29 is 4.74 Å². The Kier molecular flexibility index (Phi) is 4.07. The Labute approximate surface area is 167 Å². The molecule has 0 unspecified atom stereocenters. The van der Waals surface area contributed by atoms with Crippen LogP contribution < -0.4 is 5.56 Å². The largest absolute Gasteiger partial charge is 0.377 e. The number of methoxy groups -OCH3 is 1. The summed E-state index contributed by atoms with van der Waals surface area (Å²) in [7, 11) is 1.56. The van der Waals surface area contributed by atoms with Gasteiger partial charge in [0.15, 0.2) is 11.6 Å². The van der Waals surface area contributed by atoms with Crippen LogP contribution in [-0.4, -0.2) is 46.4 Å². The van der Waals surface area contributed by atoms with Crippen LogP contribution in [0, 0.1) is 0 Å². The van der Waals surface area contributed by atoms with E-state index in [9.17, 15) is 4.79 Å². The Morgan fingerprint density at radius 3 is 2.90 bits per heavy atom. The molecule has 11 heteroatoms. The number of ether oxygens (including phenoxy) is 1. The van der Waals surface area contributed by atoms with Gasteiger partial charge in [-0.05, 0) is 18.2 Å². The zero-order valence-electron chi connectivity index (χ0n) is 15.1. The number of benzene rings is 1. The molecule has 0 saturated carbocycles. The molecule has 29 heavy (non-hydrogen) atoms. The summed E-state index contributed by atoms with van der Waals surface area (Å²) in [6.07, 6.45) is 3.05. The molecule has 0 radical (unpaired) electrons. The van der Waals surface area contributed by atoms with E-state index in [1.807, 2.05) is 18.2 Å². The number of halogens is 1. The molecule has 0 aliphatic rings. The zero-order valence-corrected chi connectivity index (χ0v) is 15.8. The van der Waals surface area contributed by atoms with Gasteiger partial charge < -0.3 is 4.74 Å². The van der Waals surface area contributed by atoms with Crippen molar-refractivity contribution in [3.63, 3.8) is 0 Å². The molecule has 144 valence electrons. The molecule has 0 atom stereocenters. The number of nitrogens with one attached hydrogen (secondary N) is 1. The number of aromatic nitrogens is 8. The lowest BCUT2D eigenvalue weighted by molar-refractivity contribution is 0.178. The lowest BCUT2D eigenvalue weighted by atomic mass is 10.2. The molecule has 0 amide bonds. The predicted octanol–water partition coefficient (Wildman–Crippen LogP) is 2.01. The second-order valence-corrected chi connectivity index (χ2v) is 6.59. The Hall–Kier alpha value is -3.63. The lowest BCUT2D eigenvalue weighted by Crippen LogP contribution is -2.20. The minimum absolute atomic E-state index is 0.200. The van der Waals surface area contributed by atoms with E-state index < -0.39 is 0 Å². The molecule has 10 nitrogen and oxygen atoms in total. The van der Waals surface area contributed by atoms with Gasteiger partial charge in [0.05, 0.1) is 15.9 Å². The summed E-state index contributed by atoms with van der Waals surface area (Å²) in [5.41, 5.74) is 0.941. The third-order valence-electron chi connectivity index (χ3n) is 4.37. The number of fused-ring (bicyclic) bond motifs is 3. The van der Waals surface area contributed by atoms with E-state index in [1.54, 1.807) is 25.4 Å². The fourth-order valence-electron chi connectivity index (χ4n) is 3.04. The van der Waals surface area contributed by atoms with Crippen molar-refractivity contribution in [1.29, 1.82) is 0 Å². The maximum Gasteiger partial charge on any atom is 0.268 e. The molecular formula is C18H13ClN8O2. The van der Waals surface area contributed by atoms with Gasteiger partial charge in [-0.1, -0.05) is 23.7 Å². The van der Waals surface area contributed by atoms with E-state index in [0.29, 0.717) is 38.9 Å². The highest BCUT2D eigenvalue weighted by Crippen LogP contribution is 2.24. The molecule has 0 fully saturated rings. The van der Waals surface area contributed by atoms with Gasteiger partial charge >= 0.3 is 0 Å². The van der Waals surface area contributed by atoms with E-state index in [0.717, 1.165) is 0 Å². The first-order valence-corrected chi connectivity index (χ1v) is 8.96. The summed E-state index contributed by atoms with van der Waals surface area (Å²) in [5, 5.41) is 12.2. The van der Waals surface area contributed by atoms with Crippen molar-refractivity contribution in [2.45, 2.75) is 6.61 Å². The quantitative estimate of drug-likeness (QED) is 0.483. The molecule has 5 rings (SSSR count). The molecule has 0 saturated heterocycles. The summed E-state index contributed by atoms with van der Waals surface area (Å²) in [6.45, 7) is 0.254. The highest BCUT2D eigenvalue weighted by atomic mass is 35.5. The molecule has 5 aromatic rings. The summed E-state index contributed by atoms with van der Waals surface area (Å²) >= 11 is 6.21. The Bertz CT molecular complexity index is 1420. The highest BCUT2D eigenvalue weighted by Gasteiger charge is 2.15. The predicted molar refractivity (Wildman–Crippen MR) is 105 cm³/mol. The fraction of sp³-hybridized carbons (Fsp3) is 0.111. The molecule has 4 heterocycles. The maximum absolute atomic E-state index is 13.0. The monoisotopic (exact) mass is 408 g/mol. The number of hydrogen-bond acceptors (Lipinski definition) is 7. The molecule has 1 N–H and O–H groups in total. The van der Waals surface area contributed by atoms with Gasteiger partial charge in [-0.15, -0.1) is 10.2 Å². The average molecular weight is 409 g/mol. The van der Waals surface area contributed by atoms with Crippen LogP contribution in [0.2, 0.25) is 5.02 Å². The molecule has 0 bridgehead atoms. The third-order valence-corrected chi connectivity index (χ3v) is 4.70. The molecular weight excluding hydrogens is 396 g/mol. The highest BCUT2D eigenvalue weighted by molar-refractivity contribution is 6.33. The Morgan fingerprint density at radius 1 is 1.21 bits per heavy atom. The topological polar surface area (TPSA) is 116 Å². The first-order chi connectivity index (χ1) is 14.2. The zero-order chi connectivity index (χ0) is 20.0. The summed E-state index contributed by atoms with van der Waals surface area (Å²) in [5.74, 6) is 1.54.